The topological polar surface area (TPSA) is 78.4 Å². The van der Waals surface area contributed by atoms with Crippen LogP contribution in [0, 0.1) is 11.3 Å². The Labute approximate surface area is 120 Å². The highest BCUT2D eigenvalue weighted by Gasteiger charge is 2.35. The van der Waals surface area contributed by atoms with Crippen LogP contribution in [0.2, 0.25) is 0 Å². The quantitative estimate of drug-likeness (QED) is 0.725. The van der Waals surface area contributed by atoms with Crippen molar-refractivity contribution in [3.05, 3.63) is 0 Å². The number of rotatable bonds is 5. The van der Waals surface area contributed by atoms with E-state index in [2.05, 4.69) is 17.6 Å². The van der Waals surface area contributed by atoms with Gasteiger partial charge in [-0.3, -0.25) is 4.79 Å². The lowest BCUT2D eigenvalue weighted by atomic mass is 9.72. The molecule has 0 aliphatic heterocycles. The van der Waals surface area contributed by atoms with E-state index in [9.17, 15) is 9.59 Å². The van der Waals surface area contributed by atoms with Gasteiger partial charge in [-0.25, -0.2) is 4.79 Å². The molecule has 3 N–H and O–H groups in total. The Kier molecular flexibility index (Phi) is 4.89. The van der Waals surface area contributed by atoms with E-state index in [0.717, 1.165) is 38.5 Å². The predicted molar refractivity (Wildman–Crippen MR) is 76.5 cm³/mol. The fourth-order valence-corrected chi connectivity index (χ4v) is 3.56. The van der Waals surface area contributed by atoms with Gasteiger partial charge in [0.2, 0.25) is 0 Å². The number of amides is 2. The van der Waals surface area contributed by atoms with Gasteiger partial charge in [0, 0.05) is 12.6 Å². The number of hydrogen-bond donors (Lipinski definition) is 3. The van der Waals surface area contributed by atoms with Crippen molar-refractivity contribution in [3.8, 4) is 0 Å². The summed E-state index contributed by atoms with van der Waals surface area (Å²) < 4.78 is 0. The van der Waals surface area contributed by atoms with Gasteiger partial charge in [0.15, 0.2) is 0 Å². The van der Waals surface area contributed by atoms with E-state index in [1.54, 1.807) is 0 Å². The van der Waals surface area contributed by atoms with Gasteiger partial charge < -0.3 is 15.7 Å². The predicted octanol–water partition coefficient (Wildman–Crippen LogP) is 2.51. The third-order valence-corrected chi connectivity index (χ3v) is 4.77. The second kappa shape index (κ2) is 6.46. The number of aliphatic carboxylic acids is 1. The molecule has 0 spiro atoms. The zero-order valence-electron chi connectivity index (χ0n) is 12.3. The summed E-state index contributed by atoms with van der Waals surface area (Å²) in [7, 11) is 0. The van der Waals surface area contributed by atoms with Crippen molar-refractivity contribution in [2.45, 2.75) is 64.3 Å². The van der Waals surface area contributed by atoms with E-state index in [1.807, 2.05) is 0 Å². The van der Waals surface area contributed by atoms with E-state index in [1.165, 1.54) is 6.42 Å². The summed E-state index contributed by atoms with van der Waals surface area (Å²) in [5.41, 5.74) is -0.242. The second-order valence-electron chi connectivity index (χ2n) is 6.73. The smallest absolute Gasteiger partial charge is 0.315 e. The molecule has 2 fully saturated rings. The summed E-state index contributed by atoms with van der Waals surface area (Å²) >= 11 is 0. The Balaban J connectivity index is 1.78. The molecule has 0 saturated heterocycles. The molecule has 0 heterocycles. The van der Waals surface area contributed by atoms with Gasteiger partial charge in [0.05, 0.1) is 6.42 Å². The summed E-state index contributed by atoms with van der Waals surface area (Å²) in [6.07, 6.45) is 7.37. The fraction of sp³-hybridized carbons (Fsp3) is 0.867. The molecule has 0 aromatic carbocycles. The van der Waals surface area contributed by atoms with Crippen molar-refractivity contribution in [3.63, 3.8) is 0 Å². The molecule has 5 heteroatoms. The Morgan fingerprint density at radius 2 is 1.85 bits per heavy atom. The minimum Gasteiger partial charge on any atom is -0.481 e. The summed E-state index contributed by atoms with van der Waals surface area (Å²) in [5, 5.41) is 14.9. The number of nitrogens with one attached hydrogen (secondary N) is 2. The maximum atomic E-state index is 11.9. The van der Waals surface area contributed by atoms with Gasteiger partial charge in [0.1, 0.15) is 0 Å². The summed E-state index contributed by atoms with van der Waals surface area (Å²) in [6, 6.07) is 0.156. The van der Waals surface area contributed by atoms with Crippen LogP contribution in [0.25, 0.3) is 0 Å². The molecule has 0 aromatic heterocycles. The van der Waals surface area contributed by atoms with Crippen LogP contribution in [-0.4, -0.2) is 29.7 Å². The Morgan fingerprint density at radius 3 is 2.40 bits per heavy atom. The highest BCUT2D eigenvalue weighted by molar-refractivity contribution is 5.74. The number of carbonyl (C=O) groups is 2. The molecule has 0 bridgehead atoms. The van der Waals surface area contributed by atoms with Crippen molar-refractivity contribution >= 4 is 12.0 Å². The molecule has 0 aromatic rings. The van der Waals surface area contributed by atoms with Crippen LogP contribution in [0.3, 0.4) is 0 Å². The minimum absolute atomic E-state index is 0.141. The van der Waals surface area contributed by atoms with Gasteiger partial charge >= 0.3 is 12.0 Å². The molecule has 2 rings (SSSR count). The van der Waals surface area contributed by atoms with Crippen LogP contribution in [0.5, 0.6) is 0 Å². The Bertz CT molecular complexity index is 358. The number of carboxylic acid groups (broad SMARTS) is 1. The normalized spacial score (nSPS) is 28.2. The summed E-state index contributed by atoms with van der Waals surface area (Å²) in [6.45, 7) is 2.66. The maximum absolute atomic E-state index is 11.9. The van der Waals surface area contributed by atoms with Crippen molar-refractivity contribution in [1.82, 2.24) is 10.6 Å². The van der Waals surface area contributed by atoms with Crippen molar-refractivity contribution in [2.24, 2.45) is 11.3 Å². The first-order valence-corrected chi connectivity index (χ1v) is 7.75. The van der Waals surface area contributed by atoms with Crippen LogP contribution in [0.4, 0.5) is 4.79 Å². The van der Waals surface area contributed by atoms with Crippen molar-refractivity contribution < 1.29 is 14.7 Å². The van der Waals surface area contributed by atoms with E-state index < -0.39 is 5.97 Å². The first-order chi connectivity index (χ1) is 9.49. The van der Waals surface area contributed by atoms with Gasteiger partial charge in [0.25, 0.3) is 0 Å². The average Bonchev–Trinajstić information content (AvgIpc) is 2.35. The summed E-state index contributed by atoms with van der Waals surface area (Å²) in [4.78, 5) is 22.9. The van der Waals surface area contributed by atoms with Crippen LogP contribution in [0.1, 0.15) is 58.3 Å². The molecule has 2 aliphatic carbocycles. The maximum Gasteiger partial charge on any atom is 0.315 e. The fourth-order valence-electron chi connectivity index (χ4n) is 3.56. The van der Waals surface area contributed by atoms with E-state index in [-0.39, 0.29) is 17.9 Å². The zero-order valence-corrected chi connectivity index (χ0v) is 12.3. The van der Waals surface area contributed by atoms with Gasteiger partial charge in [-0.1, -0.05) is 26.2 Å². The van der Waals surface area contributed by atoms with Gasteiger partial charge in [-0.2, -0.15) is 0 Å². The lowest BCUT2D eigenvalue weighted by Crippen LogP contribution is -2.50. The molecule has 5 nitrogen and oxygen atoms in total. The average molecular weight is 282 g/mol. The third kappa shape index (κ3) is 4.12. The number of carboxylic acids is 1. The monoisotopic (exact) mass is 282 g/mol. The first kappa shape index (κ1) is 15.1. The lowest BCUT2D eigenvalue weighted by Gasteiger charge is -2.37. The molecule has 0 unspecified atom stereocenters. The highest BCUT2D eigenvalue weighted by atomic mass is 16.4. The van der Waals surface area contributed by atoms with E-state index >= 15 is 0 Å². The zero-order chi connectivity index (χ0) is 14.6. The summed E-state index contributed by atoms with van der Waals surface area (Å²) in [5.74, 6) is -0.0566. The Morgan fingerprint density at radius 1 is 1.20 bits per heavy atom. The number of hydrogen-bond acceptors (Lipinski definition) is 2. The SMILES string of the molecule is CC1CC(NC(=O)NCC2(CC(=O)O)CCCCC2)C1. The first-order valence-electron chi connectivity index (χ1n) is 7.75. The molecular formula is C15H26N2O3. The standard InChI is InChI=1S/C15H26N2O3/c1-11-7-12(8-11)17-14(20)16-10-15(9-13(18)19)5-3-2-4-6-15/h11-12H,2-10H2,1H3,(H,18,19)(H2,16,17,20). The molecule has 2 amide bonds. The largest absolute Gasteiger partial charge is 0.481 e. The molecule has 20 heavy (non-hydrogen) atoms. The molecule has 2 aliphatic rings. The van der Waals surface area contributed by atoms with Crippen LogP contribution < -0.4 is 10.6 Å². The second-order valence-corrected chi connectivity index (χ2v) is 6.73. The number of carbonyl (C=O) groups excluding carboxylic acids is 1. The Hall–Kier alpha value is -1.26. The van der Waals surface area contributed by atoms with Crippen LogP contribution in [0.15, 0.2) is 0 Å². The van der Waals surface area contributed by atoms with Gasteiger partial charge in [-0.15, -0.1) is 0 Å². The minimum atomic E-state index is -0.762. The van der Waals surface area contributed by atoms with Crippen LogP contribution >= 0.6 is 0 Å². The van der Waals surface area contributed by atoms with E-state index in [4.69, 9.17) is 5.11 Å². The number of urea groups is 1. The van der Waals surface area contributed by atoms with E-state index in [0.29, 0.717) is 18.5 Å². The lowest BCUT2D eigenvalue weighted by molar-refractivity contribution is -0.140. The van der Waals surface area contributed by atoms with Gasteiger partial charge in [-0.05, 0) is 37.0 Å². The van der Waals surface area contributed by atoms with Crippen LogP contribution in [-0.2, 0) is 4.79 Å². The molecule has 114 valence electrons. The van der Waals surface area contributed by atoms with Crippen molar-refractivity contribution in [2.75, 3.05) is 6.54 Å². The molecular weight excluding hydrogens is 256 g/mol. The highest BCUT2D eigenvalue weighted by Crippen LogP contribution is 2.38. The third-order valence-electron chi connectivity index (χ3n) is 4.77. The molecule has 2 saturated carbocycles. The van der Waals surface area contributed by atoms with Crippen molar-refractivity contribution in [1.29, 1.82) is 0 Å². The molecule has 0 atom stereocenters. The molecule has 0 radical (unpaired) electrons.